The average molecular weight is 161 g/mol. The van der Waals surface area contributed by atoms with E-state index >= 15 is 0 Å². The van der Waals surface area contributed by atoms with Crippen LogP contribution in [-0.2, 0) is 0 Å². The van der Waals surface area contributed by atoms with Crippen LogP contribution in [0.25, 0.3) is 11.2 Å². The van der Waals surface area contributed by atoms with E-state index in [-0.39, 0.29) is 5.95 Å². The van der Waals surface area contributed by atoms with Crippen molar-refractivity contribution in [2.45, 2.75) is 6.92 Å². The summed E-state index contributed by atoms with van der Waals surface area (Å²) < 4.78 is 0. The van der Waals surface area contributed by atoms with Gasteiger partial charge in [0.05, 0.1) is 18.1 Å². The summed E-state index contributed by atoms with van der Waals surface area (Å²) >= 11 is 0. The van der Waals surface area contributed by atoms with Gasteiger partial charge in [0.15, 0.2) is 5.65 Å². The highest BCUT2D eigenvalue weighted by molar-refractivity contribution is 5.69. The molecule has 0 bridgehead atoms. The maximum Gasteiger partial charge on any atom is 0.222 e. The quantitative estimate of drug-likeness (QED) is 0.601. The molecule has 0 saturated carbocycles. The SMILES string of the molecule is Cc1cnc2nc(N)ncc2n1. The second-order valence-corrected chi connectivity index (χ2v) is 2.45. The fraction of sp³-hybridized carbons (Fsp3) is 0.143. The molecule has 0 spiro atoms. The Kier molecular flexibility index (Phi) is 1.36. The normalized spacial score (nSPS) is 10.4. The molecular weight excluding hydrogens is 154 g/mol. The number of fused-ring (bicyclic) bond motifs is 1. The van der Waals surface area contributed by atoms with Crippen LogP contribution in [0.15, 0.2) is 12.4 Å². The number of aromatic nitrogens is 4. The number of nitrogens with two attached hydrogens (primary N) is 1. The first-order valence-corrected chi connectivity index (χ1v) is 3.47. The van der Waals surface area contributed by atoms with Gasteiger partial charge < -0.3 is 5.73 Å². The molecule has 60 valence electrons. The van der Waals surface area contributed by atoms with Crippen LogP contribution in [0, 0.1) is 6.92 Å². The third-order valence-corrected chi connectivity index (χ3v) is 1.44. The lowest BCUT2D eigenvalue weighted by molar-refractivity contribution is 1.12. The summed E-state index contributed by atoms with van der Waals surface area (Å²) in [5.74, 6) is 0.223. The molecular formula is C7H7N5. The Bertz CT molecular complexity index is 384. The van der Waals surface area contributed by atoms with E-state index in [4.69, 9.17) is 5.73 Å². The van der Waals surface area contributed by atoms with Crippen molar-refractivity contribution < 1.29 is 0 Å². The second kappa shape index (κ2) is 2.37. The zero-order valence-electron chi connectivity index (χ0n) is 6.52. The molecule has 0 radical (unpaired) electrons. The highest BCUT2D eigenvalue weighted by Gasteiger charge is 1.98. The summed E-state index contributed by atoms with van der Waals surface area (Å²) in [7, 11) is 0. The smallest absolute Gasteiger partial charge is 0.222 e. The zero-order chi connectivity index (χ0) is 8.55. The van der Waals surface area contributed by atoms with Crippen LogP contribution < -0.4 is 5.73 Å². The first-order chi connectivity index (χ1) is 5.75. The minimum atomic E-state index is 0.223. The largest absolute Gasteiger partial charge is 0.368 e. The number of anilines is 1. The van der Waals surface area contributed by atoms with Gasteiger partial charge in [-0.3, -0.25) is 0 Å². The lowest BCUT2D eigenvalue weighted by atomic mass is 10.4. The molecule has 0 aliphatic rings. The van der Waals surface area contributed by atoms with Gasteiger partial charge in [-0.2, -0.15) is 4.98 Å². The molecule has 0 aliphatic heterocycles. The third kappa shape index (κ3) is 1.05. The first kappa shape index (κ1) is 6.90. The Morgan fingerprint density at radius 2 is 2.00 bits per heavy atom. The summed E-state index contributed by atoms with van der Waals surface area (Å²) in [4.78, 5) is 15.9. The molecule has 0 aromatic carbocycles. The number of aryl methyl sites for hydroxylation is 1. The monoisotopic (exact) mass is 161 g/mol. The standard InChI is InChI=1S/C7H7N5/c1-4-2-9-6-5(11-4)3-10-7(8)12-6/h2-3H,1H3,(H2,8,9,10,12). The minimum Gasteiger partial charge on any atom is -0.368 e. The van der Waals surface area contributed by atoms with Crippen molar-refractivity contribution in [3.63, 3.8) is 0 Å². The van der Waals surface area contributed by atoms with Crippen LogP contribution >= 0.6 is 0 Å². The second-order valence-electron chi connectivity index (χ2n) is 2.45. The van der Waals surface area contributed by atoms with E-state index in [2.05, 4.69) is 19.9 Å². The van der Waals surface area contributed by atoms with E-state index in [1.54, 1.807) is 12.4 Å². The molecule has 2 heterocycles. The molecule has 5 nitrogen and oxygen atoms in total. The van der Waals surface area contributed by atoms with Crippen molar-refractivity contribution in [2.75, 3.05) is 5.73 Å². The Hall–Kier alpha value is -1.78. The summed E-state index contributed by atoms with van der Waals surface area (Å²) in [5.41, 5.74) is 7.42. The maximum absolute atomic E-state index is 5.37. The Balaban J connectivity index is 2.79. The summed E-state index contributed by atoms with van der Waals surface area (Å²) in [6.07, 6.45) is 3.21. The molecule has 0 fully saturated rings. The molecule has 0 aliphatic carbocycles. The molecule has 2 N–H and O–H groups in total. The Labute approximate surface area is 68.7 Å². The van der Waals surface area contributed by atoms with Gasteiger partial charge in [0.1, 0.15) is 5.52 Å². The fourth-order valence-electron chi connectivity index (χ4n) is 0.927. The lowest BCUT2D eigenvalue weighted by Gasteiger charge is -1.96. The maximum atomic E-state index is 5.37. The average Bonchev–Trinajstić information content (AvgIpc) is 2.05. The van der Waals surface area contributed by atoms with E-state index in [1.165, 1.54) is 0 Å². The van der Waals surface area contributed by atoms with Crippen molar-refractivity contribution in [1.29, 1.82) is 0 Å². The van der Waals surface area contributed by atoms with Crippen molar-refractivity contribution >= 4 is 17.1 Å². The van der Waals surface area contributed by atoms with Crippen LogP contribution in [0.5, 0.6) is 0 Å². The third-order valence-electron chi connectivity index (χ3n) is 1.44. The number of hydrogen-bond acceptors (Lipinski definition) is 5. The molecule has 0 unspecified atom stereocenters. The number of nitrogen functional groups attached to an aromatic ring is 1. The summed E-state index contributed by atoms with van der Waals surface area (Å²) in [5, 5.41) is 0. The number of rotatable bonds is 0. The van der Waals surface area contributed by atoms with Crippen molar-refractivity contribution in [1.82, 2.24) is 19.9 Å². The predicted octanol–water partition coefficient (Wildman–Crippen LogP) is 0.310. The van der Waals surface area contributed by atoms with Gasteiger partial charge in [-0.1, -0.05) is 0 Å². The molecule has 5 heteroatoms. The molecule has 2 aromatic heterocycles. The molecule has 0 amide bonds. The van der Waals surface area contributed by atoms with E-state index in [0.29, 0.717) is 11.2 Å². The van der Waals surface area contributed by atoms with Gasteiger partial charge in [0.25, 0.3) is 0 Å². The number of nitrogens with zero attached hydrogens (tertiary/aromatic N) is 4. The highest BCUT2D eigenvalue weighted by Crippen LogP contribution is 2.05. The highest BCUT2D eigenvalue weighted by atomic mass is 15.0. The Morgan fingerprint density at radius 3 is 2.83 bits per heavy atom. The topological polar surface area (TPSA) is 77.6 Å². The van der Waals surface area contributed by atoms with Crippen molar-refractivity contribution in [2.24, 2.45) is 0 Å². The van der Waals surface area contributed by atoms with Gasteiger partial charge in [-0.05, 0) is 6.92 Å². The van der Waals surface area contributed by atoms with Gasteiger partial charge >= 0.3 is 0 Å². The van der Waals surface area contributed by atoms with E-state index in [9.17, 15) is 0 Å². The predicted molar refractivity (Wildman–Crippen MR) is 44.3 cm³/mol. The van der Waals surface area contributed by atoms with E-state index < -0.39 is 0 Å². The Morgan fingerprint density at radius 1 is 1.17 bits per heavy atom. The summed E-state index contributed by atoms with van der Waals surface area (Å²) in [6.45, 7) is 1.86. The lowest BCUT2D eigenvalue weighted by Crippen LogP contribution is -1.97. The fourth-order valence-corrected chi connectivity index (χ4v) is 0.927. The van der Waals surface area contributed by atoms with Crippen molar-refractivity contribution in [3.8, 4) is 0 Å². The van der Waals surface area contributed by atoms with Crippen LogP contribution in [0.3, 0.4) is 0 Å². The molecule has 12 heavy (non-hydrogen) atoms. The van der Waals surface area contributed by atoms with Crippen LogP contribution in [0.2, 0.25) is 0 Å². The van der Waals surface area contributed by atoms with E-state index in [1.807, 2.05) is 6.92 Å². The van der Waals surface area contributed by atoms with Crippen LogP contribution in [0.1, 0.15) is 5.69 Å². The molecule has 0 atom stereocenters. The summed E-state index contributed by atoms with van der Waals surface area (Å²) in [6, 6.07) is 0. The van der Waals surface area contributed by atoms with Crippen LogP contribution in [0.4, 0.5) is 5.95 Å². The van der Waals surface area contributed by atoms with Gasteiger partial charge in [-0.15, -0.1) is 0 Å². The molecule has 0 saturated heterocycles. The minimum absolute atomic E-state index is 0.223. The van der Waals surface area contributed by atoms with Gasteiger partial charge in [-0.25, -0.2) is 15.0 Å². The van der Waals surface area contributed by atoms with Crippen LogP contribution in [-0.4, -0.2) is 19.9 Å². The first-order valence-electron chi connectivity index (χ1n) is 3.47. The van der Waals surface area contributed by atoms with Gasteiger partial charge in [0.2, 0.25) is 5.95 Å². The number of hydrogen-bond donors (Lipinski definition) is 1. The van der Waals surface area contributed by atoms with Gasteiger partial charge in [0, 0.05) is 0 Å². The van der Waals surface area contributed by atoms with Crippen molar-refractivity contribution in [3.05, 3.63) is 18.1 Å². The molecule has 2 rings (SSSR count). The van der Waals surface area contributed by atoms with E-state index in [0.717, 1.165) is 5.69 Å². The zero-order valence-corrected chi connectivity index (χ0v) is 6.52. The molecule has 2 aromatic rings.